The first-order valence-corrected chi connectivity index (χ1v) is 9.35. The first kappa shape index (κ1) is 17.0. The standard InChI is InChI=1S/C22H26N2O2/c1-17(23-11-3-4-12-23)26-21-8-9-22-19(15-21)10-13-24(22)16-18-6-5-7-20(14-18)25-2/h5-10,13-15,17H,3-4,11-12,16H2,1-2H3. The van der Waals surface area contributed by atoms with Crippen molar-refractivity contribution in [2.75, 3.05) is 20.2 Å². The van der Waals surface area contributed by atoms with E-state index >= 15 is 0 Å². The number of nitrogens with zero attached hydrogens (tertiary/aromatic N) is 2. The van der Waals surface area contributed by atoms with Gasteiger partial charge in [0.2, 0.25) is 0 Å². The fourth-order valence-electron chi connectivity index (χ4n) is 3.73. The van der Waals surface area contributed by atoms with Gasteiger partial charge in [0.25, 0.3) is 0 Å². The summed E-state index contributed by atoms with van der Waals surface area (Å²) in [6.07, 6.45) is 4.83. The zero-order chi connectivity index (χ0) is 17.9. The van der Waals surface area contributed by atoms with E-state index in [4.69, 9.17) is 9.47 Å². The molecule has 4 heteroatoms. The van der Waals surface area contributed by atoms with Crippen molar-refractivity contribution in [3.05, 3.63) is 60.3 Å². The van der Waals surface area contributed by atoms with Crippen LogP contribution in [-0.4, -0.2) is 35.9 Å². The lowest BCUT2D eigenvalue weighted by Gasteiger charge is -2.24. The maximum Gasteiger partial charge on any atom is 0.149 e. The third-order valence-electron chi connectivity index (χ3n) is 5.19. The molecule has 4 rings (SSSR count). The molecule has 1 atom stereocenters. The summed E-state index contributed by atoms with van der Waals surface area (Å²) in [6, 6.07) is 16.8. The molecule has 2 aromatic carbocycles. The summed E-state index contributed by atoms with van der Waals surface area (Å²) in [5.41, 5.74) is 2.44. The van der Waals surface area contributed by atoms with E-state index in [9.17, 15) is 0 Å². The van der Waals surface area contributed by atoms with Crippen molar-refractivity contribution in [1.29, 1.82) is 0 Å². The van der Waals surface area contributed by atoms with Crippen LogP contribution in [0.25, 0.3) is 10.9 Å². The molecule has 1 saturated heterocycles. The van der Waals surface area contributed by atoms with E-state index in [0.717, 1.165) is 31.1 Å². The number of rotatable bonds is 6. The minimum atomic E-state index is 0.133. The number of aromatic nitrogens is 1. The average molecular weight is 350 g/mol. The molecule has 136 valence electrons. The molecule has 0 radical (unpaired) electrons. The minimum Gasteiger partial charge on any atom is -0.497 e. The highest BCUT2D eigenvalue weighted by Crippen LogP contribution is 2.25. The molecule has 2 heterocycles. The van der Waals surface area contributed by atoms with Gasteiger partial charge in [0.05, 0.1) is 7.11 Å². The quantitative estimate of drug-likeness (QED) is 0.654. The Morgan fingerprint density at radius 2 is 1.85 bits per heavy atom. The molecule has 1 aromatic heterocycles. The molecule has 1 aliphatic rings. The van der Waals surface area contributed by atoms with Crippen molar-refractivity contribution in [3.63, 3.8) is 0 Å². The van der Waals surface area contributed by atoms with Crippen LogP contribution in [0, 0.1) is 0 Å². The van der Waals surface area contributed by atoms with Gasteiger partial charge in [0.1, 0.15) is 17.7 Å². The SMILES string of the molecule is COc1cccc(Cn2ccc3cc(OC(C)N4CCCC4)ccc32)c1. The fraction of sp³-hybridized carbons (Fsp3) is 0.364. The maximum absolute atomic E-state index is 6.16. The number of likely N-dealkylation sites (tertiary alicyclic amines) is 1. The zero-order valence-electron chi connectivity index (χ0n) is 15.5. The second-order valence-corrected chi connectivity index (χ2v) is 6.98. The molecule has 1 aliphatic heterocycles. The van der Waals surface area contributed by atoms with Crippen LogP contribution in [0.2, 0.25) is 0 Å². The summed E-state index contributed by atoms with van der Waals surface area (Å²) in [6.45, 7) is 5.25. The summed E-state index contributed by atoms with van der Waals surface area (Å²) in [5.74, 6) is 1.83. The lowest BCUT2D eigenvalue weighted by Crippen LogP contribution is -2.34. The zero-order valence-corrected chi connectivity index (χ0v) is 15.5. The van der Waals surface area contributed by atoms with Gasteiger partial charge in [-0.15, -0.1) is 0 Å². The molecule has 0 amide bonds. The first-order chi connectivity index (χ1) is 12.7. The minimum absolute atomic E-state index is 0.133. The predicted molar refractivity (Wildman–Crippen MR) is 105 cm³/mol. The molecule has 3 aromatic rings. The van der Waals surface area contributed by atoms with Crippen molar-refractivity contribution in [3.8, 4) is 11.5 Å². The third-order valence-corrected chi connectivity index (χ3v) is 5.19. The van der Waals surface area contributed by atoms with Gasteiger partial charge in [-0.2, -0.15) is 0 Å². The molecular weight excluding hydrogens is 324 g/mol. The van der Waals surface area contributed by atoms with Gasteiger partial charge in [0.15, 0.2) is 0 Å². The van der Waals surface area contributed by atoms with Crippen molar-refractivity contribution >= 4 is 10.9 Å². The van der Waals surface area contributed by atoms with Crippen LogP contribution in [0.1, 0.15) is 25.3 Å². The molecule has 1 fully saturated rings. The fourth-order valence-corrected chi connectivity index (χ4v) is 3.73. The highest BCUT2D eigenvalue weighted by molar-refractivity contribution is 5.81. The maximum atomic E-state index is 6.16. The van der Waals surface area contributed by atoms with Crippen LogP contribution in [0.5, 0.6) is 11.5 Å². The Bertz CT molecular complexity index is 881. The lowest BCUT2D eigenvalue weighted by molar-refractivity contribution is 0.0593. The molecule has 0 spiro atoms. The topological polar surface area (TPSA) is 26.6 Å². The van der Waals surface area contributed by atoms with Gasteiger partial charge < -0.3 is 14.0 Å². The summed E-state index contributed by atoms with van der Waals surface area (Å²) in [5, 5.41) is 1.21. The Hall–Kier alpha value is -2.46. The van der Waals surface area contributed by atoms with Crippen LogP contribution >= 0.6 is 0 Å². The Kier molecular flexibility index (Phi) is 4.85. The third kappa shape index (κ3) is 3.56. The van der Waals surface area contributed by atoms with E-state index in [1.165, 1.54) is 29.3 Å². The first-order valence-electron chi connectivity index (χ1n) is 9.35. The van der Waals surface area contributed by atoms with Crippen molar-refractivity contribution in [2.45, 2.75) is 32.5 Å². The number of methoxy groups -OCH3 is 1. The van der Waals surface area contributed by atoms with E-state index in [-0.39, 0.29) is 6.23 Å². The molecule has 26 heavy (non-hydrogen) atoms. The van der Waals surface area contributed by atoms with Gasteiger partial charge in [-0.25, -0.2) is 0 Å². The number of hydrogen-bond donors (Lipinski definition) is 0. The summed E-state index contributed by atoms with van der Waals surface area (Å²) in [7, 11) is 1.70. The normalized spacial score (nSPS) is 16.1. The Morgan fingerprint density at radius 3 is 2.65 bits per heavy atom. The second kappa shape index (κ2) is 7.42. The summed E-state index contributed by atoms with van der Waals surface area (Å²) in [4.78, 5) is 2.40. The van der Waals surface area contributed by atoms with Crippen molar-refractivity contribution < 1.29 is 9.47 Å². The molecule has 4 nitrogen and oxygen atoms in total. The number of fused-ring (bicyclic) bond motifs is 1. The van der Waals surface area contributed by atoms with Crippen molar-refractivity contribution in [2.24, 2.45) is 0 Å². The Morgan fingerprint density at radius 1 is 1.00 bits per heavy atom. The number of benzene rings is 2. The van der Waals surface area contributed by atoms with Crippen LogP contribution in [0.3, 0.4) is 0 Å². The molecular formula is C22H26N2O2. The van der Waals surface area contributed by atoms with Gasteiger partial charge in [-0.3, -0.25) is 4.90 Å². The Balaban J connectivity index is 1.51. The second-order valence-electron chi connectivity index (χ2n) is 6.98. The largest absolute Gasteiger partial charge is 0.497 e. The van der Waals surface area contributed by atoms with Crippen LogP contribution in [0.15, 0.2) is 54.7 Å². The summed E-state index contributed by atoms with van der Waals surface area (Å²) >= 11 is 0. The van der Waals surface area contributed by atoms with Crippen LogP contribution in [-0.2, 0) is 6.54 Å². The smallest absolute Gasteiger partial charge is 0.149 e. The van der Waals surface area contributed by atoms with Gasteiger partial charge >= 0.3 is 0 Å². The highest BCUT2D eigenvalue weighted by Gasteiger charge is 2.19. The van der Waals surface area contributed by atoms with Gasteiger partial charge in [-0.05, 0) is 61.7 Å². The van der Waals surface area contributed by atoms with Crippen molar-refractivity contribution in [1.82, 2.24) is 9.47 Å². The van der Waals surface area contributed by atoms with E-state index in [0.29, 0.717) is 0 Å². The molecule has 0 aliphatic carbocycles. The van der Waals surface area contributed by atoms with E-state index in [1.807, 2.05) is 12.1 Å². The van der Waals surface area contributed by atoms with E-state index in [1.54, 1.807) is 7.11 Å². The van der Waals surface area contributed by atoms with Gasteiger partial charge in [0, 0.05) is 36.7 Å². The Labute approximate surface area is 154 Å². The molecule has 0 saturated carbocycles. The van der Waals surface area contributed by atoms with Crippen LogP contribution in [0.4, 0.5) is 0 Å². The monoisotopic (exact) mass is 350 g/mol. The number of hydrogen-bond acceptors (Lipinski definition) is 3. The van der Waals surface area contributed by atoms with Gasteiger partial charge in [-0.1, -0.05) is 12.1 Å². The molecule has 1 unspecified atom stereocenters. The van der Waals surface area contributed by atoms with Crippen LogP contribution < -0.4 is 9.47 Å². The predicted octanol–water partition coefficient (Wildman–Crippen LogP) is 4.52. The molecule has 0 N–H and O–H groups in total. The summed E-state index contributed by atoms with van der Waals surface area (Å²) < 4.78 is 13.8. The average Bonchev–Trinajstić information content (AvgIpc) is 3.32. The lowest BCUT2D eigenvalue weighted by atomic mass is 10.2. The molecule has 0 bridgehead atoms. The number of ether oxygens (including phenoxy) is 2. The van der Waals surface area contributed by atoms with E-state index in [2.05, 4.69) is 59.0 Å². The highest BCUT2D eigenvalue weighted by atomic mass is 16.5. The van der Waals surface area contributed by atoms with E-state index < -0.39 is 0 Å².